The van der Waals surface area contributed by atoms with E-state index in [0.29, 0.717) is 0 Å². The van der Waals surface area contributed by atoms with Gasteiger partial charge in [0.1, 0.15) is 6.26 Å². The molecule has 2 aliphatic rings. The Kier molecular flexibility index (Phi) is 10.6. The first-order chi connectivity index (χ1) is 13.2. The van der Waals surface area contributed by atoms with Crippen LogP contribution in [0.2, 0.25) is 0 Å². The van der Waals surface area contributed by atoms with Gasteiger partial charge in [-0.3, -0.25) is 9.89 Å². The van der Waals surface area contributed by atoms with Gasteiger partial charge in [0.25, 0.3) is 0 Å². The fourth-order valence-electron chi connectivity index (χ4n) is 4.06. The van der Waals surface area contributed by atoms with Crippen molar-refractivity contribution in [3.63, 3.8) is 0 Å². The van der Waals surface area contributed by atoms with Crippen molar-refractivity contribution in [2.75, 3.05) is 58.9 Å². The summed E-state index contributed by atoms with van der Waals surface area (Å²) in [6.07, 6.45) is 5.54. The minimum atomic E-state index is 0. The molecule has 1 atom stereocenters. The van der Waals surface area contributed by atoms with E-state index in [1.807, 2.05) is 6.07 Å². The molecular formula is C20H37IN6O. The molecule has 0 aliphatic carbocycles. The van der Waals surface area contributed by atoms with E-state index in [-0.39, 0.29) is 24.0 Å². The largest absolute Gasteiger partial charge is 0.364 e. The number of halogens is 1. The Balaban J connectivity index is 0.00000280. The normalized spacial score (nSPS) is 22.1. The highest BCUT2D eigenvalue weighted by molar-refractivity contribution is 14.0. The van der Waals surface area contributed by atoms with Crippen molar-refractivity contribution in [3.05, 3.63) is 18.0 Å². The van der Waals surface area contributed by atoms with Crippen LogP contribution in [0, 0.1) is 5.92 Å². The molecule has 3 rings (SSSR count). The molecule has 1 aromatic rings. The van der Waals surface area contributed by atoms with Crippen LogP contribution >= 0.6 is 24.0 Å². The molecular weight excluding hydrogens is 467 g/mol. The van der Waals surface area contributed by atoms with Crippen LogP contribution < -0.4 is 5.32 Å². The van der Waals surface area contributed by atoms with Gasteiger partial charge in [-0.05, 0) is 45.2 Å². The smallest absolute Gasteiger partial charge is 0.194 e. The summed E-state index contributed by atoms with van der Waals surface area (Å²) < 4.78 is 4.93. The van der Waals surface area contributed by atoms with Gasteiger partial charge in [0.05, 0.1) is 5.69 Å². The average molecular weight is 504 g/mol. The first-order valence-corrected chi connectivity index (χ1v) is 10.6. The second-order valence-electron chi connectivity index (χ2n) is 7.89. The summed E-state index contributed by atoms with van der Waals surface area (Å²) in [5, 5.41) is 7.49. The molecule has 0 aromatic carbocycles. The number of hydrogen-bond donors (Lipinski definition) is 1. The van der Waals surface area contributed by atoms with E-state index >= 15 is 0 Å². The van der Waals surface area contributed by atoms with Crippen LogP contribution in [0.25, 0.3) is 0 Å². The van der Waals surface area contributed by atoms with Crippen molar-refractivity contribution >= 4 is 29.9 Å². The van der Waals surface area contributed by atoms with E-state index in [1.54, 1.807) is 6.26 Å². The Morgan fingerprint density at radius 1 is 1.25 bits per heavy atom. The molecule has 8 heteroatoms. The Morgan fingerprint density at radius 2 is 2.07 bits per heavy atom. The highest BCUT2D eigenvalue weighted by Gasteiger charge is 2.20. The van der Waals surface area contributed by atoms with Crippen molar-refractivity contribution in [2.24, 2.45) is 10.9 Å². The SMILES string of the molecule is CCNC(=NCCCN1CCCC(C)C1)N1CCN(Cc2ccon2)CC1.I. The van der Waals surface area contributed by atoms with E-state index in [9.17, 15) is 0 Å². The summed E-state index contributed by atoms with van der Waals surface area (Å²) in [6, 6.07) is 1.95. The highest BCUT2D eigenvalue weighted by Crippen LogP contribution is 2.15. The second-order valence-corrected chi connectivity index (χ2v) is 7.89. The van der Waals surface area contributed by atoms with E-state index in [2.05, 4.69) is 39.0 Å². The number of likely N-dealkylation sites (tertiary alicyclic amines) is 1. The number of guanidine groups is 1. The van der Waals surface area contributed by atoms with Gasteiger partial charge in [-0.1, -0.05) is 12.1 Å². The van der Waals surface area contributed by atoms with Gasteiger partial charge >= 0.3 is 0 Å². The molecule has 1 unspecified atom stereocenters. The Hall–Kier alpha value is -0.870. The summed E-state index contributed by atoms with van der Waals surface area (Å²) in [7, 11) is 0. The van der Waals surface area contributed by atoms with Gasteiger partial charge in [0.15, 0.2) is 5.96 Å². The molecule has 2 saturated heterocycles. The van der Waals surface area contributed by atoms with Crippen molar-refractivity contribution in [3.8, 4) is 0 Å². The molecule has 160 valence electrons. The number of piperazine rings is 1. The number of piperidine rings is 1. The van der Waals surface area contributed by atoms with Gasteiger partial charge in [0.2, 0.25) is 0 Å². The fourth-order valence-corrected chi connectivity index (χ4v) is 4.06. The lowest BCUT2D eigenvalue weighted by Crippen LogP contribution is -2.52. The van der Waals surface area contributed by atoms with Crippen LogP contribution in [0.1, 0.15) is 38.8 Å². The number of rotatable bonds is 7. The van der Waals surface area contributed by atoms with Gasteiger partial charge < -0.3 is 19.6 Å². The van der Waals surface area contributed by atoms with Crippen LogP contribution in [0.15, 0.2) is 21.8 Å². The Bertz CT molecular complexity index is 559. The molecule has 28 heavy (non-hydrogen) atoms. The third-order valence-corrected chi connectivity index (χ3v) is 5.52. The zero-order valence-electron chi connectivity index (χ0n) is 17.5. The predicted octanol–water partition coefficient (Wildman–Crippen LogP) is 2.50. The first kappa shape index (κ1) is 23.4. The van der Waals surface area contributed by atoms with Crippen LogP contribution in [0.4, 0.5) is 0 Å². The molecule has 1 N–H and O–H groups in total. The molecule has 0 amide bonds. The average Bonchev–Trinajstić information content (AvgIpc) is 3.18. The summed E-state index contributed by atoms with van der Waals surface area (Å²) >= 11 is 0. The van der Waals surface area contributed by atoms with Crippen molar-refractivity contribution < 1.29 is 4.52 Å². The fraction of sp³-hybridized carbons (Fsp3) is 0.800. The second kappa shape index (κ2) is 12.6. The zero-order valence-corrected chi connectivity index (χ0v) is 19.8. The molecule has 0 spiro atoms. The number of aliphatic imine (C=N–C) groups is 1. The van der Waals surface area contributed by atoms with E-state index in [4.69, 9.17) is 9.52 Å². The molecule has 7 nitrogen and oxygen atoms in total. The first-order valence-electron chi connectivity index (χ1n) is 10.6. The lowest BCUT2D eigenvalue weighted by Gasteiger charge is -2.36. The molecule has 2 fully saturated rings. The third-order valence-electron chi connectivity index (χ3n) is 5.52. The molecule has 0 bridgehead atoms. The Labute approximate surface area is 186 Å². The maximum absolute atomic E-state index is 4.93. The van der Waals surface area contributed by atoms with E-state index < -0.39 is 0 Å². The molecule has 0 saturated carbocycles. The standard InChI is InChI=1S/C20H36N6O.HI/c1-3-21-20(22-8-5-10-24-9-4-6-18(2)16-24)26-13-11-25(12-14-26)17-19-7-15-27-23-19;/h7,15,18H,3-6,8-14,16-17H2,1-2H3,(H,21,22);1H. The monoisotopic (exact) mass is 504 g/mol. The number of hydrogen-bond acceptors (Lipinski definition) is 5. The van der Waals surface area contributed by atoms with Crippen LogP contribution in [0.3, 0.4) is 0 Å². The summed E-state index contributed by atoms with van der Waals surface area (Å²) in [5.41, 5.74) is 1.01. The zero-order chi connectivity index (χ0) is 18.9. The van der Waals surface area contributed by atoms with Crippen molar-refractivity contribution in [1.29, 1.82) is 0 Å². The van der Waals surface area contributed by atoms with Crippen LogP contribution in [-0.4, -0.2) is 84.7 Å². The maximum Gasteiger partial charge on any atom is 0.194 e. The molecule has 3 heterocycles. The summed E-state index contributed by atoms with van der Waals surface area (Å²) in [6.45, 7) is 15.0. The number of aromatic nitrogens is 1. The number of nitrogens with zero attached hydrogens (tertiary/aromatic N) is 5. The maximum atomic E-state index is 4.93. The Morgan fingerprint density at radius 3 is 2.75 bits per heavy atom. The summed E-state index contributed by atoms with van der Waals surface area (Å²) in [5.74, 6) is 1.93. The minimum absolute atomic E-state index is 0. The van der Waals surface area contributed by atoms with Gasteiger partial charge in [0, 0.05) is 58.4 Å². The van der Waals surface area contributed by atoms with Gasteiger partial charge in [-0.2, -0.15) is 0 Å². The lowest BCUT2D eigenvalue weighted by atomic mass is 10.0. The van der Waals surface area contributed by atoms with Crippen molar-refractivity contribution in [2.45, 2.75) is 39.7 Å². The van der Waals surface area contributed by atoms with E-state index in [0.717, 1.165) is 69.8 Å². The highest BCUT2D eigenvalue weighted by atomic mass is 127. The number of nitrogens with one attached hydrogen (secondary N) is 1. The predicted molar refractivity (Wildman–Crippen MR) is 124 cm³/mol. The van der Waals surface area contributed by atoms with Crippen molar-refractivity contribution in [1.82, 2.24) is 25.2 Å². The molecule has 1 aromatic heterocycles. The van der Waals surface area contributed by atoms with Gasteiger partial charge in [-0.15, -0.1) is 24.0 Å². The molecule has 0 radical (unpaired) electrons. The van der Waals surface area contributed by atoms with Gasteiger partial charge in [-0.25, -0.2) is 0 Å². The summed E-state index contributed by atoms with van der Waals surface area (Å²) in [4.78, 5) is 12.3. The third kappa shape index (κ3) is 7.51. The van der Waals surface area contributed by atoms with Crippen LogP contribution in [0.5, 0.6) is 0 Å². The lowest BCUT2D eigenvalue weighted by molar-refractivity contribution is 0.168. The minimum Gasteiger partial charge on any atom is -0.364 e. The van der Waals surface area contributed by atoms with Crippen LogP contribution in [-0.2, 0) is 6.54 Å². The van der Waals surface area contributed by atoms with E-state index in [1.165, 1.54) is 32.5 Å². The quantitative estimate of drug-likeness (QED) is 0.267. The topological polar surface area (TPSA) is 60.1 Å². The molecule has 2 aliphatic heterocycles.